The number of benzene rings is 1. The number of nitrogens with one attached hydrogen (secondary N) is 1. The Morgan fingerprint density at radius 1 is 1.30 bits per heavy atom. The van der Waals surface area contributed by atoms with Crippen LogP contribution >= 0.6 is 0 Å². The van der Waals surface area contributed by atoms with Gasteiger partial charge in [0.25, 0.3) is 0 Å². The number of nitrogens with zero attached hydrogens (tertiary/aromatic N) is 3. The van der Waals surface area contributed by atoms with E-state index in [9.17, 15) is 0 Å². The van der Waals surface area contributed by atoms with Gasteiger partial charge in [-0.1, -0.05) is 12.1 Å². The number of ether oxygens (including phenoxy) is 1. The Morgan fingerprint density at radius 3 is 2.75 bits per heavy atom. The highest BCUT2D eigenvalue weighted by atomic mass is 16.5. The summed E-state index contributed by atoms with van der Waals surface area (Å²) >= 11 is 0. The minimum atomic E-state index is 0.0850. The number of aryl methyl sites for hydroxylation is 1. The molecule has 0 aliphatic rings. The van der Waals surface area contributed by atoms with E-state index < -0.39 is 0 Å². The third kappa shape index (κ3) is 4.41. The summed E-state index contributed by atoms with van der Waals surface area (Å²) in [4.78, 5) is 0. The normalized spacial score (nSPS) is 10.2. The van der Waals surface area contributed by atoms with Crippen molar-refractivity contribution in [3.63, 3.8) is 0 Å². The largest absolute Gasteiger partial charge is 0.479 e. The van der Waals surface area contributed by atoms with Crippen LogP contribution in [0.4, 0.5) is 0 Å². The molecule has 20 heavy (non-hydrogen) atoms. The Bertz CT molecular complexity index is 568. The van der Waals surface area contributed by atoms with E-state index in [-0.39, 0.29) is 6.61 Å². The molecule has 0 amide bonds. The topological polar surface area (TPSA) is 62.9 Å². The van der Waals surface area contributed by atoms with Crippen molar-refractivity contribution in [3.8, 4) is 11.8 Å². The Hall–Kier alpha value is -2.32. The van der Waals surface area contributed by atoms with Crippen LogP contribution in [0.1, 0.15) is 11.3 Å². The third-order valence-corrected chi connectivity index (χ3v) is 2.88. The first-order valence-electron chi connectivity index (χ1n) is 6.56. The van der Waals surface area contributed by atoms with Crippen LogP contribution in [0.15, 0.2) is 36.5 Å². The molecule has 1 N–H and O–H groups in total. The molecule has 0 unspecified atom stereocenters. The molecule has 1 aromatic heterocycles. The number of hydrogen-bond donors (Lipinski definition) is 1. The quantitative estimate of drug-likeness (QED) is 0.777. The summed E-state index contributed by atoms with van der Waals surface area (Å²) in [5.41, 5.74) is 2.29. The van der Waals surface area contributed by atoms with Gasteiger partial charge < -0.3 is 10.1 Å². The fourth-order valence-corrected chi connectivity index (χ4v) is 1.86. The van der Waals surface area contributed by atoms with E-state index in [1.807, 2.05) is 54.3 Å². The van der Waals surface area contributed by atoms with Crippen LogP contribution in [-0.2, 0) is 20.0 Å². The zero-order valence-corrected chi connectivity index (χ0v) is 11.5. The number of hydrogen-bond acceptors (Lipinski definition) is 4. The molecule has 0 fully saturated rings. The average molecular weight is 270 g/mol. The molecule has 0 radical (unpaired) electrons. The second kappa shape index (κ2) is 7.31. The first kappa shape index (κ1) is 14.1. The molecule has 0 atom stereocenters. The molecule has 0 saturated heterocycles. The standard InChI is InChI=1S/C15H18N4O/c1-19-10-7-14(18-19)6-9-17-12-13-2-4-15(5-3-13)20-11-8-16/h2-5,7,10,17H,6,9,11-12H2,1H3. The van der Waals surface area contributed by atoms with Crippen LogP contribution in [0, 0.1) is 11.3 Å². The van der Waals surface area contributed by atoms with Crippen LogP contribution < -0.4 is 10.1 Å². The molecular formula is C15H18N4O. The fourth-order valence-electron chi connectivity index (χ4n) is 1.86. The SMILES string of the molecule is Cn1ccc(CCNCc2ccc(OCC#N)cc2)n1. The predicted molar refractivity (Wildman–Crippen MR) is 76.2 cm³/mol. The van der Waals surface area contributed by atoms with Gasteiger partial charge in [-0.3, -0.25) is 4.68 Å². The number of nitriles is 1. The van der Waals surface area contributed by atoms with E-state index in [4.69, 9.17) is 10.00 Å². The van der Waals surface area contributed by atoms with Crippen LogP contribution in [0.25, 0.3) is 0 Å². The summed E-state index contributed by atoms with van der Waals surface area (Å²) in [6.45, 7) is 1.79. The van der Waals surface area contributed by atoms with Crippen molar-refractivity contribution in [1.29, 1.82) is 5.26 Å². The van der Waals surface area contributed by atoms with Crippen molar-refractivity contribution >= 4 is 0 Å². The van der Waals surface area contributed by atoms with Gasteiger partial charge in [0.2, 0.25) is 0 Å². The lowest BCUT2D eigenvalue weighted by molar-refractivity contribution is 0.368. The van der Waals surface area contributed by atoms with E-state index in [2.05, 4.69) is 10.4 Å². The number of aromatic nitrogens is 2. The van der Waals surface area contributed by atoms with E-state index in [1.165, 1.54) is 5.56 Å². The third-order valence-electron chi connectivity index (χ3n) is 2.88. The van der Waals surface area contributed by atoms with Gasteiger partial charge in [-0.25, -0.2) is 0 Å². The molecule has 0 spiro atoms. The van der Waals surface area contributed by atoms with Gasteiger partial charge in [0.15, 0.2) is 6.61 Å². The van der Waals surface area contributed by atoms with Gasteiger partial charge in [-0.2, -0.15) is 10.4 Å². The Balaban J connectivity index is 1.70. The fraction of sp³-hybridized carbons (Fsp3) is 0.333. The molecule has 2 rings (SSSR count). The van der Waals surface area contributed by atoms with E-state index in [0.717, 1.165) is 31.0 Å². The Kier molecular flexibility index (Phi) is 5.15. The van der Waals surface area contributed by atoms with Gasteiger partial charge in [-0.15, -0.1) is 0 Å². The van der Waals surface area contributed by atoms with Gasteiger partial charge in [0.05, 0.1) is 5.69 Å². The second-order valence-corrected chi connectivity index (χ2v) is 4.50. The molecule has 0 bridgehead atoms. The minimum absolute atomic E-state index is 0.0850. The van der Waals surface area contributed by atoms with Crippen molar-refractivity contribution in [3.05, 3.63) is 47.8 Å². The molecule has 0 aliphatic heterocycles. The van der Waals surface area contributed by atoms with E-state index in [1.54, 1.807) is 0 Å². The highest BCUT2D eigenvalue weighted by Crippen LogP contribution is 2.11. The van der Waals surface area contributed by atoms with Crippen molar-refractivity contribution in [2.24, 2.45) is 7.05 Å². The molecule has 104 valence electrons. The lowest BCUT2D eigenvalue weighted by Gasteiger charge is -2.05. The van der Waals surface area contributed by atoms with Crippen molar-refractivity contribution in [2.75, 3.05) is 13.2 Å². The maximum Gasteiger partial charge on any atom is 0.174 e. The lowest BCUT2D eigenvalue weighted by atomic mass is 10.2. The summed E-state index contributed by atoms with van der Waals surface area (Å²) in [5, 5.41) is 16.1. The molecule has 5 heteroatoms. The van der Waals surface area contributed by atoms with Crippen LogP contribution in [0.5, 0.6) is 5.75 Å². The molecule has 0 saturated carbocycles. The summed E-state index contributed by atoms with van der Waals surface area (Å²) in [6, 6.07) is 11.7. The first-order valence-corrected chi connectivity index (χ1v) is 6.56. The van der Waals surface area contributed by atoms with Crippen LogP contribution in [0.3, 0.4) is 0 Å². The minimum Gasteiger partial charge on any atom is -0.479 e. The molecule has 2 aromatic rings. The average Bonchev–Trinajstić information content (AvgIpc) is 2.88. The maximum absolute atomic E-state index is 8.43. The second-order valence-electron chi connectivity index (χ2n) is 4.50. The highest BCUT2D eigenvalue weighted by molar-refractivity contribution is 5.27. The zero-order chi connectivity index (χ0) is 14.2. The molecule has 1 aromatic carbocycles. The summed E-state index contributed by atoms with van der Waals surface area (Å²) in [5.74, 6) is 0.726. The lowest BCUT2D eigenvalue weighted by Crippen LogP contribution is -2.16. The summed E-state index contributed by atoms with van der Waals surface area (Å²) < 4.78 is 7.02. The Labute approximate surface area is 118 Å². The van der Waals surface area contributed by atoms with Crippen LogP contribution in [-0.4, -0.2) is 22.9 Å². The summed E-state index contributed by atoms with van der Waals surface area (Å²) in [6.07, 6.45) is 2.87. The number of rotatable bonds is 7. The maximum atomic E-state index is 8.43. The van der Waals surface area contributed by atoms with Gasteiger partial charge in [0.1, 0.15) is 11.8 Å². The van der Waals surface area contributed by atoms with Crippen molar-refractivity contribution < 1.29 is 4.74 Å². The summed E-state index contributed by atoms with van der Waals surface area (Å²) in [7, 11) is 1.92. The molecular weight excluding hydrogens is 252 g/mol. The zero-order valence-electron chi connectivity index (χ0n) is 11.5. The molecule has 1 heterocycles. The molecule has 0 aliphatic carbocycles. The monoisotopic (exact) mass is 270 g/mol. The van der Waals surface area contributed by atoms with Gasteiger partial charge in [0, 0.05) is 32.8 Å². The van der Waals surface area contributed by atoms with Crippen molar-refractivity contribution in [2.45, 2.75) is 13.0 Å². The van der Waals surface area contributed by atoms with E-state index >= 15 is 0 Å². The molecule has 5 nitrogen and oxygen atoms in total. The predicted octanol–water partition coefficient (Wildman–Crippen LogP) is 1.65. The Morgan fingerprint density at radius 2 is 2.10 bits per heavy atom. The van der Waals surface area contributed by atoms with Crippen molar-refractivity contribution in [1.82, 2.24) is 15.1 Å². The van der Waals surface area contributed by atoms with Crippen LogP contribution in [0.2, 0.25) is 0 Å². The smallest absolute Gasteiger partial charge is 0.174 e. The van der Waals surface area contributed by atoms with E-state index in [0.29, 0.717) is 0 Å². The highest BCUT2D eigenvalue weighted by Gasteiger charge is 1.98. The first-order chi connectivity index (χ1) is 9.78. The van der Waals surface area contributed by atoms with Gasteiger partial charge in [-0.05, 0) is 23.8 Å². The van der Waals surface area contributed by atoms with Gasteiger partial charge >= 0.3 is 0 Å².